The molecule has 1 atom stereocenters. The van der Waals surface area contributed by atoms with Crippen molar-refractivity contribution < 1.29 is 23.8 Å². The van der Waals surface area contributed by atoms with Crippen molar-refractivity contribution >= 4 is 33.5 Å². The largest absolute Gasteiger partial charge is 0.465 e. The minimum atomic E-state index is -0.356. The fraction of sp³-hybridized carbons (Fsp3) is 0.407. The third kappa shape index (κ3) is 8.75. The molecular weight excluding hydrogens is 468 g/mol. The van der Waals surface area contributed by atoms with E-state index >= 15 is 0 Å². The molecule has 1 aliphatic carbocycles. The van der Waals surface area contributed by atoms with Crippen LogP contribution in [0.5, 0.6) is 0 Å². The van der Waals surface area contributed by atoms with Gasteiger partial charge in [0, 0.05) is 54.1 Å². The summed E-state index contributed by atoms with van der Waals surface area (Å²) in [5.41, 5.74) is 3.92. The monoisotopic (exact) mass is 498 g/mol. The van der Waals surface area contributed by atoms with Gasteiger partial charge in [0.2, 0.25) is 0 Å². The van der Waals surface area contributed by atoms with E-state index in [1.54, 1.807) is 28.5 Å². The molecule has 0 N–H and O–H groups in total. The Morgan fingerprint density at radius 3 is 2.44 bits per heavy atom. The highest BCUT2D eigenvalue weighted by molar-refractivity contribution is 8.76. The van der Waals surface area contributed by atoms with E-state index in [0.29, 0.717) is 45.5 Å². The number of ether oxygens (including phenoxy) is 3. The zero-order chi connectivity index (χ0) is 24.0. The molecule has 5 nitrogen and oxygen atoms in total. The summed E-state index contributed by atoms with van der Waals surface area (Å²) in [6.45, 7) is 3.36. The lowest BCUT2D eigenvalue weighted by molar-refractivity contribution is -0.150. The second-order valence-electron chi connectivity index (χ2n) is 7.61. The summed E-state index contributed by atoms with van der Waals surface area (Å²) >= 11 is 0. The molecule has 2 aromatic rings. The van der Waals surface area contributed by atoms with Crippen molar-refractivity contribution in [3.8, 4) is 11.8 Å². The highest BCUT2D eigenvalue weighted by Gasteiger charge is 2.22. The molecule has 0 fully saturated rings. The van der Waals surface area contributed by atoms with Crippen LogP contribution in [-0.4, -0.2) is 43.3 Å². The Morgan fingerprint density at radius 2 is 1.62 bits per heavy atom. The van der Waals surface area contributed by atoms with E-state index in [0.717, 1.165) is 33.8 Å². The quantitative estimate of drug-likeness (QED) is 0.159. The SMILES string of the molecule is CCC(=O)OCCSSCCOCCCC(=O)OC1Cc2ccccc2C#Cc2ccccc21. The fourth-order valence-corrected chi connectivity index (χ4v) is 5.09. The average molecular weight is 499 g/mol. The Morgan fingerprint density at radius 1 is 0.912 bits per heavy atom. The number of esters is 2. The standard InChI is InChI=1S/C27H30O5S2/c1-2-26(28)31-17-19-34-33-18-16-30-15-7-12-27(29)32-25-20-23-10-4-3-8-21(23)13-14-22-9-5-6-11-24(22)25/h3-6,8-11,25H,2,7,12,15-20H2,1H3. The molecule has 0 radical (unpaired) electrons. The molecule has 1 unspecified atom stereocenters. The van der Waals surface area contributed by atoms with Crippen molar-refractivity contribution in [1.29, 1.82) is 0 Å². The summed E-state index contributed by atoms with van der Waals surface area (Å²) in [6.07, 6.45) is 1.60. The number of hydrogen-bond donors (Lipinski definition) is 0. The summed E-state index contributed by atoms with van der Waals surface area (Å²) in [7, 11) is 3.35. The number of rotatable bonds is 13. The van der Waals surface area contributed by atoms with Crippen molar-refractivity contribution in [1.82, 2.24) is 0 Å². The van der Waals surface area contributed by atoms with Crippen molar-refractivity contribution in [3.63, 3.8) is 0 Å². The maximum absolute atomic E-state index is 12.6. The number of carbonyl (C=O) groups is 2. The van der Waals surface area contributed by atoms with E-state index in [9.17, 15) is 9.59 Å². The molecule has 1 aliphatic rings. The van der Waals surface area contributed by atoms with Gasteiger partial charge < -0.3 is 14.2 Å². The van der Waals surface area contributed by atoms with Crippen LogP contribution in [0.15, 0.2) is 48.5 Å². The first-order valence-electron chi connectivity index (χ1n) is 11.5. The molecule has 0 heterocycles. The van der Waals surface area contributed by atoms with Gasteiger partial charge >= 0.3 is 11.9 Å². The predicted molar refractivity (Wildman–Crippen MR) is 138 cm³/mol. The zero-order valence-corrected chi connectivity index (χ0v) is 21.1. The van der Waals surface area contributed by atoms with Gasteiger partial charge in [-0.3, -0.25) is 9.59 Å². The molecule has 180 valence electrons. The first-order chi connectivity index (χ1) is 16.7. The summed E-state index contributed by atoms with van der Waals surface area (Å²) in [5, 5.41) is 0. The highest BCUT2D eigenvalue weighted by atomic mass is 33.1. The van der Waals surface area contributed by atoms with Gasteiger partial charge in [0.25, 0.3) is 0 Å². The lowest BCUT2D eigenvalue weighted by atomic mass is 9.92. The van der Waals surface area contributed by atoms with Gasteiger partial charge in [-0.1, -0.05) is 76.8 Å². The van der Waals surface area contributed by atoms with Gasteiger partial charge in [0.05, 0.1) is 6.61 Å². The Bertz CT molecular complexity index is 1010. The zero-order valence-electron chi connectivity index (χ0n) is 19.4. The molecule has 0 amide bonds. The van der Waals surface area contributed by atoms with E-state index in [2.05, 4.69) is 11.8 Å². The number of carbonyl (C=O) groups excluding carboxylic acids is 2. The maximum Gasteiger partial charge on any atom is 0.306 e. The van der Waals surface area contributed by atoms with Crippen molar-refractivity contribution in [2.45, 2.75) is 38.7 Å². The topological polar surface area (TPSA) is 61.8 Å². The molecule has 0 saturated carbocycles. The van der Waals surface area contributed by atoms with Crippen molar-refractivity contribution in [3.05, 3.63) is 70.8 Å². The van der Waals surface area contributed by atoms with Crippen molar-refractivity contribution in [2.75, 3.05) is 31.3 Å². The van der Waals surface area contributed by atoms with Gasteiger partial charge in [-0.05, 0) is 24.1 Å². The van der Waals surface area contributed by atoms with Crippen LogP contribution in [0.4, 0.5) is 0 Å². The molecule has 3 rings (SSSR count). The summed E-state index contributed by atoms with van der Waals surface area (Å²) < 4.78 is 16.6. The maximum atomic E-state index is 12.6. The number of hydrogen-bond acceptors (Lipinski definition) is 7. The Balaban J connectivity index is 1.36. The molecule has 34 heavy (non-hydrogen) atoms. The molecular formula is C27H30O5S2. The first-order valence-corrected chi connectivity index (χ1v) is 14.0. The lowest BCUT2D eigenvalue weighted by Crippen LogP contribution is -2.16. The minimum absolute atomic E-state index is 0.162. The van der Waals surface area contributed by atoms with Crippen LogP contribution in [0, 0.1) is 11.8 Å². The molecule has 7 heteroatoms. The molecule has 0 saturated heterocycles. The molecule has 0 spiro atoms. The van der Waals surface area contributed by atoms with Crippen molar-refractivity contribution in [2.24, 2.45) is 0 Å². The van der Waals surface area contributed by atoms with Gasteiger partial charge in [0.15, 0.2) is 0 Å². The summed E-state index contributed by atoms with van der Waals surface area (Å²) in [4.78, 5) is 23.6. The van der Waals surface area contributed by atoms with Crippen LogP contribution in [-0.2, 0) is 30.2 Å². The van der Waals surface area contributed by atoms with E-state index in [4.69, 9.17) is 14.2 Å². The normalized spacial score (nSPS) is 14.0. The smallest absolute Gasteiger partial charge is 0.306 e. The third-order valence-electron chi connectivity index (χ3n) is 5.12. The van der Waals surface area contributed by atoms with Crippen LogP contribution in [0.3, 0.4) is 0 Å². The van der Waals surface area contributed by atoms with Gasteiger partial charge in [-0.25, -0.2) is 0 Å². The van der Waals surface area contributed by atoms with Crippen LogP contribution >= 0.6 is 21.6 Å². The molecule has 0 aliphatic heterocycles. The minimum Gasteiger partial charge on any atom is -0.465 e. The predicted octanol–water partition coefficient (Wildman–Crippen LogP) is 5.36. The van der Waals surface area contributed by atoms with Crippen LogP contribution < -0.4 is 0 Å². The highest BCUT2D eigenvalue weighted by Crippen LogP contribution is 2.29. The molecule has 2 aromatic carbocycles. The number of benzene rings is 2. The second-order valence-corrected chi connectivity index (χ2v) is 10.3. The summed E-state index contributed by atoms with van der Waals surface area (Å²) in [5.74, 6) is 7.70. The second kappa shape index (κ2) is 14.8. The Kier molecular flexibility index (Phi) is 11.4. The molecule has 0 aromatic heterocycles. The van der Waals surface area contributed by atoms with Gasteiger partial charge in [-0.15, -0.1) is 0 Å². The first kappa shape index (κ1) is 26.2. The lowest BCUT2D eigenvalue weighted by Gasteiger charge is -2.22. The van der Waals surface area contributed by atoms with E-state index in [-0.39, 0.29) is 18.0 Å². The van der Waals surface area contributed by atoms with Gasteiger partial charge in [-0.2, -0.15) is 0 Å². The average Bonchev–Trinajstić information content (AvgIpc) is 2.85. The number of fused-ring (bicyclic) bond motifs is 2. The summed E-state index contributed by atoms with van der Waals surface area (Å²) in [6, 6.07) is 15.9. The van der Waals surface area contributed by atoms with Gasteiger partial charge in [0.1, 0.15) is 12.7 Å². The van der Waals surface area contributed by atoms with Crippen LogP contribution in [0.2, 0.25) is 0 Å². The Hall–Kier alpha value is -2.40. The third-order valence-corrected chi connectivity index (χ3v) is 7.45. The van der Waals surface area contributed by atoms with E-state index in [1.807, 2.05) is 48.5 Å². The Labute approximate surface area is 209 Å². The fourth-order valence-electron chi connectivity index (χ4n) is 3.40. The molecule has 0 bridgehead atoms. The van der Waals surface area contributed by atoms with Crippen LogP contribution in [0.1, 0.15) is 54.5 Å². The van der Waals surface area contributed by atoms with E-state index < -0.39 is 0 Å². The van der Waals surface area contributed by atoms with Crippen LogP contribution in [0.25, 0.3) is 0 Å². The van der Waals surface area contributed by atoms with E-state index in [1.165, 1.54) is 0 Å².